The molecule has 0 aliphatic carbocycles. The smallest absolute Gasteiger partial charge is 0.275 e. The van der Waals surface area contributed by atoms with Crippen LogP contribution in [0.15, 0.2) is 84.0 Å². The maximum absolute atomic E-state index is 12.7. The summed E-state index contributed by atoms with van der Waals surface area (Å²) in [5.74, 6) is 1.34. The lowest BCUT2D eigenvalue weighted by atomic mass is 10.1. The highest BCUT2D eigenvalue weighted by Gasteiger charge is 2.13. The van der Waals surface area contributed by atoms with Gasteiger partial charge in [0.15, 0.2) is 11.5 Å². The van der Waals surface area contributed by atoms with Gasteiger partial charge in [0, 0.05) is 0 Å². The van der Waals surface area contributed by atoms with Crippen LogP contribution in [0.3, 0.4) is 0 Å². The molecular formula is C28H26N2O4. The van der Waals surface area contributed by atoms with Gasteiger partial charge < -0.3 is 14.2 Å². The van der Waals surface area contributed by atoms with Gasteiger partial charge in [0.25, 0.3) is 5.91 Å². The molecule has 172 valence electrons. The molecule has 34 heavy (non-hydrogen) atoms. The van der Waals surface area contributed by atoms with Crippen molar-refractivity contribution in [2.24, 2.45) is 5.10 Å². The maximum atomic E-state index is 12.7. The Kier molecular flexibility index (Phi) is 7.08. The van der Waals surface area contributed by atoms with Gasteiger partial charge in [0.05, 0.1) is 26.0 Å². The van der Waals surface area contributed by atoms with Gasteiger partial charge in [-0.1, -0.05) is 54.1 Å². The van der Waals surface area contributed by atoms with Crippen LogP contribution in [0.2, 0.25) is 0 Å². The molecule has 0 aliphatic rings. The van der Waals surface area contributed by atoms with Crippen LogP contribution in [0.25, 0.3) is 10.8 Å². The monoisotopic (exact) mass is 454 g/mol. The van der Waals surface area contributed by atoms with Crippen LogP contribution < -0.4 is 19.6 Å². The fraction of sp³-hybridized carbons (Fsp3) is 0.143. The van der Waals surface area contributed by atoms with Crippen molar-refractivity contribution in [3.63, 3.8) is 0 Å². The van der Waals surface area contributed by atoms with E-state index >= 15 is 0 Å². The van der Waals surface area contributed by atoms with Crippen molar-refractivity contribution >= 4 is 22.9 Å². The summed E-state index contributed by atoms with van der Waals surface area (Å²) in [6.45, 7) is 2.49. The summed E-state index contributed by atoms with van der Waals surface area (Å²) in [7, 11) is 3.13. The minimum absolute atomic E-state index is 0.358. The van der Waals surface area contributed by atoms with Gasteiger partial charge in [-0.15, -0.1) is 0 Å². The van der Waals surface area contributed by atoms with Crippen molar-refractivity contribution in [3.8, 4) is 17.2 Å². The van der Waals surface area contributed by atoms with Gasteiger partial charge in [0.1, 0.15) is 12.4 Å². The number of rotatable bonds is 8. The number of aryl methyl sites for hydroxylation is 1. The van der Waals surface area contributed by atoms with Crippen molar-refractivity contribution in [1.29, 1.82) is 0 Å². The van der Waals surface area contributed by atoms with Crippen molar-refractivity contribution in [2.45, 2.75) is 13.5 Å². The fourth-order valence-corrected chi connectivity index (χ4v) is 3.52. The van der Waals surface area contributed by atoms with Crippen molar-refractivity contribution in [3.05, 3.63) is 101 Å². The summed E-state index contributed by atoms with van der Waals surface area (Å²) >= 11 is 0. The molecule has 0 radical (unpaired) electrons. The molecule has 0 fully saturated rings. The molecule has 4 rings (SSSR count). The van der Waals surface area contributed by atoms with Crippen molar-refractivity contribution in [2.75, 3.05) is 14.2 Å². The largest absolute Gasteiger partial charge is 0.496 e. The number of benzene rings is 4. The van der Waals surface area contributed by atoms with E-state index in [1.54, 1.807) is 32.6 Å². The molecular weight excluding hydrogens is 428 g/mol. The van der Waals surface area contributed by atoms with Gasteiger partial charge in [-0.05, 0) is 59.2 Å². The number of nitrogens with one attached hydrogen (secondary N) is 1. The molecule has 0 atom stereocenters. The second-order valence-electron chi connectivity index (χ2n) is 7.78. The van der Waals surface area contributed by atoms with E-state index < -0.39 is 0 Å². The quantitative estimate of drug-likeness (QED) is 0.282. The number of amides is 1. The topological polar surface area (TPSA) is 69.2 Å². The molecule has 0 spiro atoms. The second kappa shape index (κ2) is 10.5. The van der Waals surface area contributed by atoms with Gasteiger partial charge in [-0.3, -0.25) is 4.79 Å². The van der Waals surface area contributed by atoms with E-state index in [2.05, 4.69) is 29.6 Å². The first-order valence-corrected chi connectivity index (χ1v) is 10.8. The summed E-state index contributed by atoms with van der Waals surface area (Å²) in [5, 5.41) is 6.05. The normalized spacial score (nSPS) is 10.9. The highest BCUT2D eigenvalue weighted by Crippen LogP contribution is 2.29. The molecule has 0 saturated heterocycles. The summed E-state index contributed by atoms with van der Waals surface area (Å²) in [6.07, 6.45) is 1.55. The lowest BCUT2D eigenvalue weighted by molar-refractivity contribution is 0.0952. The zero-order valence-corrected chi connectivity index (χ0v) is 19.4. The predicted octanol–water partition coefficient (Wildman–Crippen LogP) is 5.51. The Bertz CT molecular complexity index is 1330. The van der Waals surface area contributed by atoms with Crippen molar-refractivity contribution in [1.82, 2.24) is 5.43 Å². The molecule has 4 aromatic rings. The molecule has 0 saturated carbocycles. The van der Waals surface area contributed by atoms with Crippen LogP contribution in [0, 0.1) is 6.92 Å². The van der Waals surface area contributed by atoms with Gasteiger partial charge in [-0.2, -0.15) is 5.10 Å². The lowest BCUT2D eigenvalue weighted by Gasteiger charge is -2.11. The molecule has 0 heterocycles. The fourth-order valence-electron chi connectivity index (χ4n) is 3.52. The zero-order chi connectivity index (χ0) is 23.9. The highest BCUT2D eigenvalue weighted by molar-refractivity contribution is 6.02. The Morgan fingerprint density at radius 2 is 1.56 bits per heavy atom. The Labute approximate surface area is 198 Å². The first kappa shape index (κ1) is 22.9. The lowest BCUT2D eigenvalue weighted by Crippen LogP contribution is -2.18. The van der Waals surface area contributed by atoms with Crippen LogP contribution in [0.5, 0.6) is 17.2 Å². The number of nitrogens with zero attached hydrogens (tertiary/aromatic N) is 1. The number of hydrazone groups is 1. The first-order chi connectivity index (χ1) is 16.6. The number of carbonyl (C=O) groups is 1. The molecule has 0 bridgehead atoms. The summed E-state index contributed by atoms with van der Waals surface area (Å²) in [4.78, 5) is 12.7. The average molecular weight is 455 g/mol. The molecule has 0 aromatic heterocycles. The van der Waals surface area contributed by atoms with Gasteiger partial charge in [0.2, 0.25) is 0 Å². The van der Waals surface area contributed by atoms with Crippen LogP contribution >= 0.6 is 0 Å². The number of methoxy groups -OCH3 is 2. The van der Waals surface area contributed by atoms with E-state index in [1.165, 1.54) is 5.56 Å². The molecule has 0 unspecified atom stereocenters. The van der Waals surface area contributed by atoms with E-state index in [-0.39, 0.29) is 5.91 Å². The zero-order valence-electron chi connectivity index (χ0n) is 19.4. The Morgan fingerprint density at radius 1 is 0.853 bits per heavy atom. The first-order valence-electron chi connectivity index (χ1n) is 10.8. The highest BCUT2D eigenvalue weighted by atomic mass is 16.5. The van der Waals surface area contributed by atoms with Gasteiger partial charge >= 0.3 is 0 Å². The SMILES string of the molecule is COc1cc(C=NNC(=O)c2cc3ccccc3cc2OC)ccc1OCc1ccc(C)cc1. The second-order valence-corrected chi connectivity index (χ2v) is 7.78. The number of ether oxygens (including phenoxy) is 3. The van der Waals surface area contributed by atoms with Crippen LogP contribution in [0.1, 0.15) is 27.0 Å². The third-order valence-corrected chi connectivity index (χ3v) is 5.39. The summed E-state index contributed by atoms with van der Waals surface area (Å²) < 4.78 is 16.8. The average Bonchev–Trinajstić information content (AvgIpc) is 2.87. The molecule has 1 N–H and O–H groups in total. The van der Waals surface area contributed by atoms with Crippen LogP contribution in [-0.4, -0.2) is 26.3 Å². The number of hydrogen-bond donors (Lipinski definition) is 1. The number of fused-ring (bicyclic) bond motifs is 1. The maximum Gasteiger partial charge on any atom is 0.275 e. The minimum Gasteiger partial charge on any atom is -0.496 e. The Balaban J connectivity index is 1.43. The number of carbonyl (C=O) groups excluding carboxylic acids is 1. The predicted molar refractivity (Wildman–Crippen MR) is 134 cm³/mol. The molecule has 6 heteroatoms. The van der Waals surface area contributed by atoms with Gasteiger partial charge in [-0.25, -0.2) is 5.43 Å². The van der Waals surface area contributed by atoms with E-state index in [1.807, 2.05) is 54.6 Å². The summed E-state index contributed by atoms with van der Waals surface area (Å²) in [5.41, 5.74) is 6.02. The summed E-state index contributed by atoms with van der Waals surface area (Å²) in [6, 6.07) is 25.1. The standard InChI is InChI=1S/C28H26N2O4/c1-19-8-10-20(11-9-19)18-34-25-13-12-21(14-27(25)33-3)17-29-30-28(31)24-15-22-6-4-5-7-23(22)16-26(24)32-2/h4-17H,18H2,1-3H3,(H,30,31). The molecule has 4 aromatic carbocycles. The van der Waals surface area contributed by atoms with E-state index in [9.17, 15) is 4.79 Å². The molecule has 1 amide bonds. The Hall–Kier alpha value is -4.32. The van der Waals surface area contributed by atoms with Crippen LogP contribution in [-0.2, 0) is 6.61 Å². The minimum atomic E-state index is -0.358. The third-order valence-electron chi connectivity index (χ3n) is 5.39. The Morgan fingerprint density at radius 3 is 2.26 bits per heavy atom. The molecule has 0 aliphatic heterocycles. The third kappa shape index (κ3) is 5.35. The van der Waals surface area contributed by atoms with Crippen LogP contribution in [0.4, 0.5) is 0 Å². The van der Waals surface area contributed by atoms with E-state index in [0.29, 0.717) is 29.4 Å². The number of hydrogen-bond acceptors (Lipinski definition) is 5. The van der Waals surface area contributed by atoms with E-state index in [0.717, 1.165) is 21.9 Å². The van der Waals surface area contributed by atoms with E-state index in [4.69, 9.17) is 14.2 Å². The van der Waals surface area contributed by atoms with Crippen molar-refractivity contribution < 1.29 is 19.0 Å². The molecule has 6 nitrogen and oxygen atoms in total.